The molecule has 0 atom stereocenters. The topological polar surface area (TPSA) is 72.7 Å². The van der Waals surface area contributed by atoms with Gasteiger partial charge in [-0.05, 0) is 56.5 Å². The molecule has 2 heterocycles. The molecule has 3 aromatic rings. The fourth-order valence-corrected chi connectivity index (χ4v) is 3.54. The van der Waals surface area contributed by atoms with Gasteiger partial charge in [0.05, 0.1) is 23.3 Å². The van der Waals surface area contributed by atoms with Gasteiger partial charge >= 0.3 is 5.97 Å². The fourth-order valence-electron chi connectivity index (χ4n) is 2.93. The predicted octanol–water partition coefficient (Wildman–Crippen LogP) is 4.10. The Hall–Kier alpha value is -3.19. The highest BCUT2D eigenvalue weighted by Gasteiger charge is 2.13. The first-order valence-corrected chi connectivity index (χ1v) is 9.72. The highest BCUT2D eigenvalue weighted by atomic mass is 32.1. The van der Waals surface area contributed by atoms with Gasteiger partial charge in [0.15, 0.2) is 0 Å². The van der Waals surface area contributed by atoms with Gasteiger partial charge in [-0.3, -0.25) is 4.79 Å². The van der Waals surface area contributed by atoms with E-state index >= 15 is 0 Å². The Labute approximate surface area is 167 Å². The van der Waals surface area contributed by atoms with E-state index in [1.807, 2.05) is 48.1 Å². The number of nitrogens with one attached hydrogen (secondary N) is 1. The van der Waals surface area contributed by atoms with Crippen LogP contribution in [0.15, 0.2) is 52.9 Å². The molecule has 2 aromatic heterocycles. The van der Waals surface area contributed by atoms with Crippen molar-refractivity contribution in [3.63, 3.8) is 0 Å². The molecule has 3 rings (SSSR count). The van der Waals surface area contributed by atoms with Gasteiger partial charge in [-0.25, -0.2) is 10.2 Å². The number of carbonyl (C=O) groups excluding carboxylic acids is 2. The zero-order valence-electron chi connectivity index (χ0n) is 15.9. The lowest BCUT2D eigenvalue weighted by Gasteiger charge is -2.11. The third kappa shape index (κ3) is 4.20. The number of carbonyl (C=O) groups is 2. The molecule has 0 bridgehead atoms. The van der Waals surface area contributed by atoms with E-state index in [9.17, 15) is 9.59 Å². The van der Waals surface area contributed by atoms with E-state index in [2.05, 4.69) is 10.5 Å². The summed E-state index contributed by atoms with van der Waals surface area (Å²) in [5, 5.41) is 5.92. The van der Waals surface area contributed by atoms with E-state index in [1.54, 1.807) is 31.3 Å². The van der Waals surface area contributed by atoms with E-state index < -0.39 is 0 Å². The third-order valence-corrected chi connectivity index (χ3v) is 5.07. The van der Waals surface area contributed by atoms with Crippen molar-refractivity contribution in [2.75, 3.05) is 6.61 Å². The molecule has 0 aliphatic carbocycles. The molecular formula is C21H21N3O3S. The summed E-state index contributed by atoms with van der Waals surface area (Å²) in [5.74, 6) is -0.577. The Morgan fingerprint density at radius 1 is 1.21 bits per heavy atom. The molecule has 0 radical (unpaired) electrons. The molecule has 1 amide bonds. The largest absolute Gasteiger partial charge is 0.462 e. The normalized spacial score (nSPS) is 11.0. The Morgan fingerprint density at radius 2 is 2.04 bits per heavy atom. The summed E-state index contributed by atoms with van der Waals surface area (Å²) < 4.78 is 7.11. The number of hydrogen-bond donors (Lipinski definition) is 1. The number of nitrogens with zero attached hydrogens (tertiary/aromatic N) is 2. The molecule has 0 aliphatic rings. The van der Waals surface area contributed by atoms with Crippen LogP contribution >= 0.6 is 11.3 Å². The first-order chi connectivity index (χ1) is 13.5. The van der Waals surface area contributed by atoms with E-state index in [1.165, 1.54) is 11.3 Å². The molecule has 144 valence electrons. The summed E-state index contributed by atoms with van der Waals surface area (Å²) in [4.78, 5) is 24.6. The zero-order valence-corrected chi connectivity index (χ0v) is 16.7. The van der Waals surface area contributed by atoms with Crippen LogP contribution in [0, 0.1) is 13.8 Å². The first kappa shape index (κ1) is 19.6. The van der Waals surface area contributed by atoms with Crippen LogP contribution in [0.25, 0.3) is 5.69 Å². The average molecular weight is 395 g/mol. The number of ether oxygens (including phenoxy) is 1. The Bertz CT molecular complexity index is 1020. The Balaban J connectivity index is 1.82. The molecule has 6 nitrogen and oxygen atoms in total. The number of amides is 1. The minimum absolute atomic E-state index is 0.234. The van der Waals surface area contributed by atoms with Gasteiger partial charge < -0.3 is 9.30 Å². The van der Waals surface area contributed by atoms with Crippen LogP contribution in [0.4, 0.5) is 0 Å². The lowest BCUT2D eigenvalue weighted by Crippen LogP contribution is -2.16. The number of thiophene rings is 1. The standard InChI is InChI=1S/C21H21N3O3S/c1-4-27-21(26)16-7-5-8-18(12-16)24-14(2)11-17(15(24)3)13-22-23-20(25)19-9-6-10-28-19/h5-13H,4H2,1-3H3,(H,23,25). The van der Waals surface area contributed by atoms with Gasteiger partial charge in [-0.15, -0.1) is 11.3 Å². The molecule has 0 saturated heterocycles. The SMILES string of the molecule is CCOC(=O)c1cccc(-n2c(C)cc(C=NNC(=O)c3cccs3)c2C)c1. The molecule has 7 heteroatoms. The molecule has 28 heavy (non-hydrogen) atoms. The molecule has 0 aliphatic heterocycles. The smallest absolute Gasteiger partial charge is 0.338 e. The number of esters is 1. The van der Waals surface area contributed by atoms with Gasteiger partial charge in [0.25, 0.3) is 5.91 Å². The Kier molecular flexibility index (Phi) is 6.06. The van der Waals surface area contributed by atoms with Crippen molar-refractivity contribution in [1.82, 2.24) is 9.99 Å². The van der Waals surface area contributed by atoms with Crippen LogP contribution in [0.2, 0.25) is 0 Å². The van der Waals surface area contributed by atoms with Crippen LogP contribution in [-0.4, -0.2) is 29.3 Å². The van der Waals surface area contributed by atoms with Crippen molar-refractivity contribution in [3.8, 4) is 5.69 Å². The zero-order chi connectivity index (χ0) is 20.1. The van der Waals surface area contributed by atoms with Crippen molar-refractivity contribution in [2.45, 2.75) is 20.8 Å². The third-order valence-electron chi connectivity index (χ3n) is 4.20. The van der Waals surface area contributed by atoms with E-state index in [0.717, 1.165) is 22.6 Å². The second-order valence-electron chi connectivity index (χ2n) is 6.11. The first-order valence-electron chi connectivity index (χ1n) is 8.84. The summed E-state index contributed by atoms with van der Waals surface area (Å²) in [6.07, 6.45) is 1.62. The molecule has 0 spiro atoms. The lowest BCUT2D eigenvalue weighted by atomic mass is 10.2. The number of benzene rings is 1. The van der Waals surface area contributed by atoms with E-state index in [0.29, 0.717) is 17.0 Å². The summed E-state index contributed by atoms with van der Waals surface area (Å²) in [6, 6.07) is 12.8. The maximum atomic E-state index is 12.0. The van der Waals surface area contributed by atoms with E-state index in [-0.39, 0.29) is 11.9 Å². The molecule has 1 aromatic carbocycles. The van der Waals surface area contributed by atoms with Gasteiger partial charge in [0.1, 0.15) is 0 Å². The maximum Gasteiger partial charge on any atom is 0.338 e. The minimum Gasteiger partial charge on any atom is -0.462 e. The summed E-state index contributed by atoms with van der Waals surface area (Å²) in [7, 11) is 0. The van der Waals surface area contributed by atoms with Gasteiger partial charge in [-0.2, -0.15) is 5.10 Å². The minimum atomic E-state index is -0.343. The van der Waals surface area contributed by atoms with E-state index in [4.69, 9.17) is 4.74 Å². The predicted molar refractivity (Wildman–Crippen MR) is 111 cm³/mol. The van der Waals surface area contributed by atoms with Gasteiger partial charge in [0, 0.05) is 22.6 Å². The van der Waals surface area contributed by atoms with Gasteiger partial charge in [-0.1, -0.05) is 12.1 Å². The number of aromatic nitrogens is 1. The molecule has 0 unspecified atom stereocenters. The van der Waals surface area contributed by atoms with Crippen LogP contribution in [-0.2, 0) is 4.74 Å². The second-order valence-corrected chi connectivity index (χ2v) is 7.06. The quantitative estimate of drug-likeness (QED) is 0.388. The summed E-state index contributed by atoms with van der Waals surface area (Å²) in [5.41, 5.74) is 6.73. The number of hydrazone groups is 1. The maximum absolute atomic E-state index is 12.0. The lowest BCUT2D eigenvalue weighted by molar-refractivity contribution is 0.0526. The summed E-state index contributed by atoms with van der Waals surface area (Å²) >= 11 is 1.36. The van der Waals surface area contributed by atoms with Crippen LogP contribution in [0.1, 0.15) is 43.9 Å². The number of rotatable bonds is 6. The summed E-state index contributed by atoms with van der Waals surface area (Å²) in [6.45, 7) is 6.06. The number of hydrogen-bond acceptors (Lipinski definition) is 5. The van der Waals surface area contributed by atoms with Crippen LogP contribution in [0.5, 0.6) is 0 Å². The second kappa shape index (κ2) is 8.67. The highest BCUT2D eigenvalue weighted by Crippen LogP contribution is 2.21. The van der Waals surface area contributed by atoms with Crippen molar-refractivity contribution in [1.29, 1.82) is 0 Å². The molecular weight excluding hydrogens is 374 g/mol. The van der Waals surface area contributed by atoms with Crippen LogP contribution in [0.3, 0.4) is 0 Å². The number of aryl methyl sites for hydroxylation is 1. The van der Waals surface area contributed by atoms with Gasteiger partial charge in [0.2, 0.25) is 0 Å². The Morgan fingerprint density at radius 3 is 2.75 bits per heavy atom. The van der Waals surface area contributed by atoms with Crippen molar-refractivity contribution in [2.24, 2.45) is 5.10 Å². The van der Waals surface area contributed by atoms with Crippen LogP contribution < -0.4 is 5.43 Å². The average Bonchev–Trinajstić information content (AvgIpc) is 3.31. The van der Waals surface area contributed by atoms with Crippen molar-refractivity contribution in [3.05, 3.63) is 75.2 Å². The molecule has 1 N–H and O–H groups in total. The fraction of sp³-hybridized carbons (Fsp3) is 0.190. The monoisotopic (exact) mass is 395 g/mol. The highest BCUT2D eigenvalue weighted by molar-refractivity contribution is 7.12. The molecule has 0 saturated carbocycles. The molecule has 0 fully saturated rings. The van der Waals surface area contributed by atoms with Crippen molar-refractivity contribution < 1.29 is 14.3 Å². The van der Waals surface area contributed by atoms with Crippen molar-refractivity contribution >= 4 is 29.4 Å².